The van der Waals surface area contributed by atoms with Gasteiger partial charge in [0.05, 0.1) is 25.5 Å². The minimum Gasteiger partial charge on any atom is -0.760 e. The molecular formula is C24H32ClF2N6O3S-. The number of hydrogen-bond donors (Lipinski definition) is 3. The van der Waals surface area contributed by atoms with E-state index in [4.69, 9.17) is 16.3 Å². The summed E-state index contributed by atoms with van der Waals surface area (Å²) in [6.45, 7) is 1.26. The maximum atomic E-state index is 12.9. The van der Waals surface area contributed by atoms with E-state index in [9.17, 15) is 17.5 Å². The monoisotopic (exact) mass is 557 g/mol. The van der Waals surface area contributed by atoms with E-state index in [0.717, 1.165) is 36.8 Å². The van der Waals surface area contributed by atoms with Gasteiger partial charge in [-0.3, -0.25) is 9.11 Å². The minimum atomic E-state index is -2.35. The molecule has 1 aliphatic heterocycles. The van der Waals surface area contributed by atoms with Crippen LogP contribution in [0.5, 0.6) is 5.75 Å². The van der Waals surface area contributed by atoms with Crippen LogP contribution < -0.4 is 20.1 Å². The second-order valence-corrected chi connectivity index (χ2v) is 10.6. The van der Waals surface area contributed by atoms with Crippen molar-refractivity contribution < 1.29 is 22.3 Å². The number of hydrogen-bond acceptors (Lipinski definition) is 8. The van der Waals surface area contributed by atoms with E-state index in [1.54, 1.807) is 12.0 Å². The van der Waals surface area contributed by atoms with Gasteiger partial charge in [-0.05, 0) is 54.9 Å². The largest absolute Gasteiger partial charge is 0.760 e. The lowest BCUT2D eigenvalue weighted by molar-refractivity contribution is 0.0904. The molecule has 3 N–H and O–H groups in total. The molecule has 1 aromatic heterocycles. The van der Waals surface area contributed by atoms with Gasteiger partial charge in [-0.2, -0.15) is 4.98 Å². The Balaban J connectivity index is 1.50. The first-order valence-electron chi connectivity index (χ1n) is 12.4. The number of methoxy groups -OCH3 is 1. The predicted octanol–water partition coefficient (Wildman–Crippen LogP) is 3.90. The summed E-state index contributed by atoms with van der Waals surface area (Å²) in [5.41, 5.74) is 2.82. The minimum absolute atomic E-state index is 0.0169. The molecule has 204 valence electrons. The molecule has 2 heterocycles. The summed E-state index contributed by atoms with van der Waals surface area (Å²) in [5.74, 6) is 1.52. The Kier molecular flexibility index (Phi) is 9.88. The Morgan fingerprint density at radius 2 is 1.97 bits per heavy atom. The second kappa shape index (κ2) is 13.1. The lowest BCUT2D eigenvalue weighted by Crippen LogP contribution is -2.39. The fraction of sp³-hybridized carbons (Fsp3) is 0.583. The summed E-state index contributed by atoms with van der Waals surface area (Å²) in [5, 5.41) is 6.98. The van der Waals surface area contributed by atoms with Crippen LogP contribution in [0.3, 0.4) is 0 Å². The van der Waals surface area contributed by atoms with Crippen LogP contribution in [0.2, 0.25) is 5.02 Å². The lowest BCUT2D eigenvalue weighted by atomic mass is 9.84. The summed E-state index contributed by atoms with van der Waals surface area (Å²) in [6.07, 6.45) is 4.33. The molecule has 1 aliphatic carbocycles. The van der Waals surface area contributed by atoms with Gasteiger partial charge >= 0.3 is 0 Å². The summed E-state index contributed by atoms with van der Waals surface area (Å²) < 4.78 is 55.8. The predicted molar refractivity (Wildman–Crippen MR) is 139 cm³/mol. The first-order valence-corrected chi connectivity index (χ1v) is 13.9. The van der Waals surface area contributed by atoms with Gasteiger partial charge in [0, 0.05) is 36.9 Å². The Morgan fingerprint density at radius 3 is 2.68 bits per heavy atom. The number of anilines is 3. The van der Waals surface area contributed by atoms with Crippen molar-refractivity contribution >= 4 is 40.3 Å². The van der Waals surface area contributed by atoms with Crippen LogP contribution in [0.25, 0.3) is 0 Å². The molecule has 1 saturated carbocycles. The Labute approximate surface area is 223 Å². The van der Waals surface area contributed by atoms with Crippen molar-refractivity contribution in [3.8, 4) is 5.75 Å². The SMILES string of the molecule is COc1cc2c(cc1Nc1ncc(Cl)c(N[C@@H]3CCCC[C@@H]3CNS(=O)[O-])n1)CCN(CC(F)F)CC2. The summed E-state index contributed by atoms with van der Waals surface area (Å²) in [4.78, 5) is 10.7. The van der Waals surface area contributed by atoms with Crippen LogP contribution in [0.15, 0.2) is 18.3 Å². The van der Waals surface area contributed by atoms with Crippen molar-refractivity contribution in [2.45, 2.75) is 51.0 Å². The van der Waals surface area contributed by atoms with Crippen LogP contribution in [-0.4, -0.2) is 69.4 Å². The van der Waals surface area contributed by atoms with Crippen molar-refractivity contribution in [2.75, 3.05) is 43.9 Å². The number of alkyl halides is 2. The van der Waals surface area contributed by atoms with Gasteiger partial charge < -0.3 is 19.9 Å². The molecule has 9 nitrogen and oxygen atoms in total. The molecule has 3 atom stereocenters. The van der Waals surface area contributed by atoms with Gasteiger partial charge in [0.15, 0.2) is 5.82 Å². The highest BCUT2D eigenvalue weighted by atomic mass is 35.5. The lowest BCUT2D eigenvalue weighted by Gasteiger charge is -2.33. The number of rotatable bonds is 10. The van der Waals surface area contributed by atoms with Crippen molar-refractivity contribution in [3.63, 3.8) is 0 Å². The molecule has 2 aromatic rings. The van der Waals surface area contributed by atoms with Crippen LogP contribution in [0, 0.1) is 5.92 Å². The van der Waals surface area contributed by atoms with Gasteiger partial charge in [0.1, 0.15) is 10.8 Å². The highest BCUT2D eigenvalue weighted by Gasteiger charge is 2.26. The Hall–Kier alpha value is -2.12. The molecule has 2 aliphatic rings. The third kappa shape index (κ3) is 7.70. The number of halogens is 3. The molecule has 1 aromatic carbocycles. The molecule has 0 saturated heterocycles. The van der Waals surface area contributed by atoms with Crippen LogP contribution >= 0.6 is 11.6 Å². The van der Waals surface area contributed by atoms with E-state index in [1.165, 1.54) is 6.20 Å². The van der Waals surface area contributed by atoms with E-state index in [1.807, 2.05) is 12.1 Å². The van der Waals surface area contributed by atoms with E-state index >= 15 is 0 Å². The fourth-order valence-electron chi connectivity index (χ4n) is 5.09. The van der Waals surface area contributed by atoms with Crippen LogP contribution in [0.4, 0.5) is 26.2 Å². The molecule has 0 amide bonds. The highest BCUT2D eigenvalue weighted by Crippen LogP contribution is 2.34. The topological polar surface area (TPSA) is 114 Å². The molecule has 1 fully saturated rings. The third-order valence-corrected chi connectivity index (χ3v) is 7.68. The molecule has 0 bridgehead atoms. The number of benzene rings is 1. The number of nitrogens with one attached hydrogen (secondary N) is 3. The zero-order valence-corrected chi connectivity index (χ0v) is 22.2. The Morgan fingerprint density at radius 1 is 1.24 bits per heavy atom. The molecule has 37 heavy (non-hydrogen) atoms. The van der Waals surface area contributed by atoms with Gasteiger partial charge in [-0.25, -0.2) is 18.5 Å². The van der Waals surface area contributed by atoms with Gasteiger partial charge in [-0.15, -0.1) is 0 Å². The van der Waals surface area contributed by atoms with Gasteiger partial charge in [0.25, 0.3) is 6.43 Å². The summed E-state index contributed by atoms with van der Waals surface area (Å²) in [7, 11) is 1.58. The number of nitrogens with zero attached hydrogens (tertiary/aromatic N) is 3. The average molecular weight is 558 g/mol. The highest BCUT2D eigenvalue weighted by molar-refractivity contribution is 7.77. The van der Waals surface area contributed by atoms with E-state index in [0.29, 0.717) is 60.7 Å². The van der Waals surface area contributed by atoms with E-state index in [-0.39, 0.29) is 18.5 Å². The van der Waals surface area contributed by atoms with Gasteiger partial charge in [-0.1, -0.05) is 24.4 Å². The smallest absolute Gasteiger partial charge is 0.251 e. The molecule has 13 heteroatoms. The van der Waals surface area contributed by atoms with Crippen LogP contribution in [-0.2, 0) is 24.1 Å². The van der Waals surface area contributed by atoms with Gasteiger partial charge in [0.2, 0.25) is 5.95 Å². The molecule has 1 unspecified atom stereocenters. The normalized spacial score (nSPS) is 21.2. The maximum Gasteiger partial charge on any atom is 0.251 e. The molecular weight excluding hydrogens is 526 g/mol. The average Bonchev–Trinajstić information content (AvgIpc) is 3.06. The maximum absolute atomic E-state index is 12.9. The Bertz CT molecular complexity index is 1100. The van der Waals surface area contributed by atoms with E-state index in [2.05, 4.69) is 25.3 Å². The summed E-state index contributed by atoms with van der Waals surface area (Å²) in [6, 6.07) is 3.93. The fourth-order valence-corrected chi connectivity index (χ4v) is 5.58. The van der Waals surface area contributed by atoms with Crippen molar-refractivity contribution in [1.29, 1.82) is 0 Å². The first-order chi connectivity index (χ1) is 17.8. The zero-order chi connectivity index (χ0) is 26.4. The first kappa shape index (κ1) is 27.9. The number of ether oxygens (including phenoxy) is 1. The van der Waals surface area contributed by atoms with Crippen molar-refractivity contribution in [1.82, 2.24) is 19.6 Å². The van der Waals surface area contributed by atoms with E-state index < -0.39 is 17.7 Å². The number of aromatic nitrogens is 2. The van der Waals surface area contributed by atoms with Crippen molar-refractivity contribution in [3.05, 3.63) is 34.5 Å². The number of fused-ring (bicyclic) bond motifs is 1. The second-order valence-electron chi connectivity index (χ2n) is 9.41. The molecule has 4 rings (SSSR count). The van der Waals surface area contributed by atoms with Crippen molar-refractivity contribution in [2.24, 2.45) is 5.92 Å². The zero-order valence-electron chi connectivity index (χ0n) is 20.6. The van der Waals surface area contributed by atoms with Crippen LogP contribution in [0.1, 0.15) is 36.8 Å². The quantitative estimate of drug-likeness (QED) is 0.377. The third-order valence-electron chi connectivity index (χ3n) is 7.00. The standard InChI is InChI=1S/C24H33ClF2N6O3S/c1-36-21-11-16-7-9-33(14-22(26)27)8-6-15(16)10-20(21)31-24-28-13-18(25)23(32-24)30-19-5-3-2-4-17(19)12-29-37(34)35/h10-11,13,17,19,22,29H,2-9,12,14H2,1H3,(H,34,35)(H2,28,30,31,32)/p-1/t17-,19-/m1/s1. The summed E-state index contributed by atoms with van der Waals surface area (Å²) >= 11 is 4.10. The molecule has 0 radical (unpaired) electrons. The molecule has 0 spiro atoms.